The van der Waals surface area contributed by atoms with Crippen LogP contribution >= 0.6 is 11.8 Å². The van der Waals surface area contributed by atoms with Gasteiger partial charge in [0, 0.05) is 34.7 Å². The Morgan fingerprint density at radius 1 is 1.00 bits per heavy atom. The number of ketones is 1. The minimum absolute atomic E-state index is 0.00576. The van der Waals surface area contributed by atoms with Gasteiger partial charge in [-0.25, -0.2) is 4.79 Å². The molecule has 2 aliphatic rings. The molecule has 1 aliphatic heterocycles. The van der Waals surface area contributed by atoms with Crippen LogP contribution in [0.3, 0.4) is 0 Å². The van der Waals surface area contributed by atoms with Gasteiger partial charge in [-0.05, 0) is 48.8 Å². The fourth-order valence-electron chi connectivity index (χ4n) is 5.28. The zero-order valence-electron chi connectivity index (χ0n) is 22.6. The molecule has 1 heterocycles. The van der Waals surface area contributed by atoms with E-state index in [1.807, 2.05) is 49.4 Å². The largest absolute Gasteiger partial charge is 0.496 e. The van der Waals surface area contributed by atoms with Gasteiger partial charge in [0.05, 0.1) is 32.8 Å². The van der Waals surface area contributed by atoms with Crippen LogP contribution in [-0.4, -0.2) is 51.2 Å². The molecule has 0 saturated heterocycles. The van der Waals surface area contributed by atoms with Gasteiger partial charge in [-0.3, -0.25) is 4.79 Å². The van der Waals surface area contributed by atoms with Crippen molar-refractivity contribution in [3.8, 4) is 17.2 Å². The number of nitrogens with one attached hydrogen (secondary N) is 1. The van der Waals surface area contributed by atoms with Crippen LogP contribution in [0.15, 0.2) is 65.0 Å². The van der Waals surface area contributed by atoms with Crippen LogP contribution in [0.4, 0.5) is 0 Å². The van der Waals surface area contributed by atoms with E-state index in [1.165, 1.54) is 0 Å². The van der Waals surface area contributed by atoms with Crippen molar-refractivity contribution < 1.29 is 28.5 Å². The zero-order valence-corrected chi connectivity index (χ0v) is 23.4. The van der Waals surface area contributed by atoms with Crippen molar-refractivity contribution in [1.29, 1.82) is 0 Å². The minimum Gasteiger partial charge on any atom is -0.496 e. The number of carbonyl (C=O) groups excluding carboxylic acids is 2. The molecule has 0 saturated carbocycles. The summed E-state index contributed by atoms with van der Waals surface area (Å²) in [5, 5.41) is 3.41. The van der Waals surface area contributed by atoms with E-state index >= 15 is 0 Å². The number of methoxy groups -OCH3 is 3. The highest BCUT2D eigenvalue weighted by Gasteiger charge is 2.42. The van der Waals surface area contributed by atoms with Crippen LogP contribution < -0.4 is 19.5 Å². The lowest BCUT2D eigenvalue weighted by Gasteiger charge is -2.37. The maximum absolute atomic E-state index is 13.9. The number of benzene rings is 2. The molecule has 7 nitrogen and oxygen atoms in total. The fourth-order valence-corrected chi connectivity index (χ4v) is 5.77. The number of carbonyl (C=O) groups is 2. The molecule has 4 rings (SSSR count). The van der Waals surface area contributed by atoms with Gasteiger partial charge in [-0.15, -0.1) is 0 Å². The molecule has 0 aromatic heterocycles. The van der Waals surface area contributed by atoms with Crippen molar-refractivity contribution in [2.45, 2.75) is 38.5 Å². The van der Waals surface area contributed by atoms with E-state index < -0.39 is 11.9 Å². The third-order valence-electron chi connectivity index (χ3n) is 7.04. The molecule has 0 amide bonds. The number of allylic oxidation sites excluding steroid dienone is 3. The molecular weight excluding hydrogens is 502 g/mol. The molecule has 0 bridgehead atoms. The molecule has 0 fully saturated rings. The second-order valence-corrected chi connectivity index (χ2v) is 10.6. The number of rotatable bonds is 10. The Hall–Kier alpha value is -3.39. The Kier molecular flexibility index (Phi) is 9.05. The smallest absolute Gasteiger partial charge is 0.336 e. The summed E-state index contributed by atoms with van der Waals surface area (Å²) < 4.78 is 22.2. The van der Waals surface area contributed by atoms with E-state index in [2.05, 4.69) is 12.2 Å². The highest BCUT2D eigenvalue weighted by Crippen LogP contribution is 2.48. The van der Waals surface area contributed by atoms with Gasteiger partial charge in [0.1, 0.15) is 12.4 Å². The Bertz CT molecular complexity index is 1270. The molecule has 2 unspecified atom stereocenters. The van der Waals surface area contributed by atoms with Gasteiger partial charge in [0.15, 0.2) is 17.3 Å². The number of thioether (sulfide) groups is 1. The first kappa shape index (κ1) is 27.6. The molecule has 1 N–H and O–H groups in total. The van der Waals surface area contributed by atoms with Crippen molar-refractivity contribution in [3.05, 3.63) is 76.1 Å². The van der Waals surface area contributed by atoms with E-state index in [1.54, 1.807) is 33.1 Å². The summed E-state index contributed by atoms with van der Waals surface area (Å²) in [6.07, 6.45) is 0.936. The Balaban J connectivity index is 1.74. The Morgan fingerprint density at radius 2 is 1.74 bits per heavy atom. The minimum atomic E-state index is -0.576. The maximum Gasteiger partial charge on any atom is 0.336 e. The van der Waals surface area contributed by atoms with E-state index in [0.29, 0.717) is 53.5 Å². The SMILES string of the molecule is CCSCCOC(=O)C1=C(C)NC2=C(C(=O)CC(c3ccc(OC)c(OC)c3)C2)C1c1ccccc1OC. The Labute approximate surface area is 228 Å². The third-order valence-corrected chi connectivity index (χ3v) is 7.90. The summed E-state index contributed by atoms with van der Waals surface area (Å²) >= 11 is 1.71. The summed E-state index contributed by atoms with van der Waals surface area (Å²) in [6.45, 7) is 4.25. The second-order valence-electron chi connectivity index (χ2n) is 9.21. The first-order chi connectivity index (χ1) is 18.4. The molecular formula is C30H35NO6S. The first-order valence-corrected chi connectivity index (χ1v) is 13.9. The molecule has 2 aromatic rings. The molecule has 2 atom stereocenters. The molecule has 38 heavy (non-hydrogen) atoms. The molecule has 0 spiro atoms. The van der Waals surface area contributed by atoms with Gasteiger partial charge in [-0.2, -0.15) is 11.8 Å². The predicted molar refractivity (Wildman–Crippen MR) is 149 cm³/mol. The highest BCUT2D eigenvalue weighted by atomic mass is 32.2. The summed E-state index contributed by atoms with van der Waals surface area (Å²) in [5.41, 5.74) is 4.34. The van der Waals surface area contributed by atoms with Gasteiger partial charge >= 0.3 is 5.97 Å². The average molecular weight is 538 g/mol. The lowest BCUT2D eigenvalue weighted by atomic mass is 9.71. The van der Waals surface area contributed by atoms with Gasteiger partial charge in [0.25, 0.3) is 0 Å². The van der Waals surface area contributed by atoms with E-state index in [-0.39, 0.29) is 11.7 Å². The number of ether oxygens (including phenoxy) is 4. The van der Waals surface area contributed by atoms with Crippen molar-refractivity contribution >= 4 is 23.5 Å². The van der Waals surface area contributed by atoms with Crippen LogP contribution in [-0.2, 0) is 14.3 Å². The second kappa shape index (κ2) is 12.4. The van der Waals surface area contributed by atoms with Crippen molar-refractivity contribution in [2.24, 2.45) is 0 Å². The lowest BCUT2D eigenvalue weighted by molar-refractivity contribution is -0.138. The molecule has 1 aliphatic carbocycles. The molecule has 8 heteroatoms. The maximum atomic E-state index is 13.9. The van der Waals surface area contributed by atoms with Crippen LogP contribution in [0.25, 0.3) is 0 Å². The normalized spacial score (nSPS) is 19.0. The predicted octanol–water partition coefficient (Wildman–Crippen LogP) is 5.37. The van der Waals surface area contributed by atoms with Crippen LogP contribution in [0.2, 0.25) is 0 Å². The third kappa shape index (κ3) is 5.55. The van der Waals surface area contributed by atoms with E-state index in [9.17, 15) is 9.59 Å². The molecule has 202 valence electrons. The number of hydrogen-bond acceptors (Lipinski definition) is 8. The van der Waals surface area contributed by atoms with Crippen molar-refractivity contribution in [1.82, 2.24) is 5.32 Å². The molecule has 2 aromatic carbocycles. The van der Waals surface area contributed by atoms with E-state index in [4.69, 9.17) is 18.9 Å². The summed E-state index contributed by atoms with van der Waals surface area (Å²) in [4.78, 5) is 27.3. The quantitative estimate of drug-likeness (QED) is 0.320. The number of Topliss-reactive ketones (excluding diaryl/α,β-unsaturated/α-hetero) is 1. The van der Waals surface area contributed by atoms with Gasteiger partial charge in [0.2, 0.25) is 0 Å². The van der Waals surface area contributed by atoms with E-state index in [0.717, 1.165) is 28.3 Å². The monoisotopic (exact) mass is 537 g/mol. The van der Waals surface area contributed by atoms with Crippen molar-refractivity contribution in [2.75, 3.05) is 39.4 Å². The number of para-hydroxylation sites is 1. The standard InChI is InChI=1S/C30H35NO6S/c1-6-38-14-13-37-30(33)27-18(2)31-22-15-20(19-11-12-25(35-4)26(17-19)36-5)16-23(32)29(22)28(27)21-9-7-8-10-24(21)34-3/h7-12,17,20,28,31H,6,13-16H2,1-5H3. The fraction of sp³-hybridized carbons (Fsp3) is 0.400. The average Bonchev–Trinajstić information content (AvgIpc) is 2.93. The summed E-state index contributed by atoms with van der Waals surface area (Å²) in [7, 11) is 4.80. The molecule has 0 radical (unpaired) electrons. The summed E-state index contributed by atoms with van der Waals surface area (Å²) in [5.74, 6) is 2.54. The number of esters is 1. The zero-order chi connectivity index (χ0) is 27.2. The number of dihydropyridines is 1. The van der Waals surface area contributed by atoms with Crippen LogP contribution in [0.5, 0.6) is 17.2 Å². The van der Waals surface area contributed by atoms with Crippen LogP contribution in [0, 0.1) is 0 Å². The summed E-state index contributed by atoms with van der Waals surface area (Å²) in [6, 6.07) is 13.3. The number of hydrogen-bond donors (Lipinski definition) is 1. The van der Waals surface area contributed by atoms with Crippen molar-refractivity contribution in [3.63, 3.8) is 0 Å². The topological polar surface area (TPSA) is 83.1 Å². The lowest BCUT2D eigenvalue weighted by Crippen LogP contribution is -2.36. The Morgan fingerprint density at radius 3 is 2.45 bits per heavy atom. The first-order valence-electron chi connectivity index (χ1n) is 12.8. The van der Waals surface area contributed by atoms with Crippen LogP contribution in [0.1, 0.15) is 49.7 Å². The van der Waals surface area contributed by atoms with Gasteiger partial charge < -0.3 is 24.3 Å². The highest BCUT2D eigenvalue weighted by molar-refractivity contribution is 7.99. The van der Waals surface area contributed by atoms with Gasteiger partial charge in [-0.1, -0.05) is 31.2 Å².